The molecule has 0 unspecified atom stereocenters. The van der Waals surface area contributed by atoms with Crippen molar-refractivity contribution in [3.8, 4) is 17.1 Å². The van der Waals surface area contributed by atoms with Crippen LogP contribution < -0.4 is 4.74 Å². The molecule has 1 fully saturated rings. The highest BCUT2D eigenvalue weighted by Gasteiger charge is 2.22. The maximum Gasteiger partial charge on any atom is 0.310 e. The lowest BCUT2D eigenvalue weighted by Gasteiger charge is -2.28. The normalized spacial score (nSPS) is 19.1. The number of carbonyl (C=O) groups excluding carboxylic acids is 1. The highest BCUT2D eigenvalue weighted by atomic mass is 79.9. The van der Waals surface area contributed by atoms with Gasteiger partial charge in [0.2, 0.25) is 0 Å². The van der Waals surface area contributed by atoms with E-state index in [1.54, 1.807) is 13.0 Å². The molecular formula is C24H31BrN2O2. The summed E-state index contributed by atoms with van der Waals surface area (Å²) in [4.78, 5) is 20.7. The third-order valence-electron chi connectivity index (χ3n) is 5.91. The number of ether oxygens (including phenoxy) is 1. The zero-order valence-electron chi connectivity index (χ0n) is 17.5. The predicted molar refractivity (Wildman–Crippen MR) is 120 cm³/mol. The van der Waals surface area contributed by atoms with E-state index in [9.17, 15) is 4.79 Å². The quantitative estimate of drug-likeness (QED) is 0.241. The van der Waals surface area contributed by atoms with Gasteiger partial charge in [0.05, 0.1) is 4.47 Å². The van der Waals surface area contributed by atoms with Crippen LogP contribution in [0.3, 0.4) is 0 Å². The average molecular weight is 459 g/mol. The molecule has 0 radical (unpaired) electrons. The lowest BCUT2D eigenvalue weighted by molar-refractivity contribution is -0.134. The van der Waals surface area contributed by atoms with Gasteiger partial charge in [-0.25, -0.2) is 9.97 Å². The van der Waals surface area contributed by atoms with E-state index in [0.717, 1.165) is 16.0 Å². The second kappa shape index (κ2) is 10.9. The molecule has 1 aliphatic carbocycles. The average Bonchev–Trinajstić information content (AvgIpc) is 2.76. The van der Waals surface area contributed by atoms with E-state index in [2.05, 4.69) is 32.8 Å². The summed E-state index contributed by atoms with van der Waals surface area (Å²) in [6.07, 6.45) is 15.0. The summed E-state index contributed by atoms with van der Waals surface area (Å²) in [5, 5.41) is 0. The molecule has 1 aromatic heterocycles. The number of halogens is 1. The predicted octanol–water partition coefficient (Wildman–Crippen LogP) is 7.08. The third kappa shape index (κ3) is 6.11. The van der Waals surface area contributed by atoms with Gasteiger partial charge in [-0.2, -0.15) is 0 Å². The van der Waals surface area contributed by atoms with Crippen LogP contribution in [-0.2, 0) is 4.79 Å². The number of esters is 1. The Morgan fingerprint density at radius 3 is 2.45 bits per heavy atom. The monoisotopic (exact) mass is 458 g/mol. The molecule has 3 rings (SSSR count). The Labute approximate surface area is 182 Å². The van der Waals surface area contributed by atoms with E-state index in [4.69, 9.17) is 4.74 Å². The maximum atomic E-state index is 11.5. The van der Waals surface area contributed by atoms with Crippen LogP contribution >= 0.6 is 15.9 Å². The lowest BCUT2D eigenvalue weighted by atomic mass is 9.77. The van der Waals surface area contributed by atoms with E-state index < -0.39 is 0 Å². The molecule has 0 amide bonds. The largest absolute Gasteiger partial charge is 0.425 e. The smallest absolute Gasteiger partial charge is 0.310 e. The topological polar surface area (TPSA) is 52.1 Å². The van der Waals surface area contributed by atoms with Crippen LogP contribution in [0.1, 0.15) is 83.1 Å². The van der Waals surface area contributed by atoms with Gasteiger partial charge in [0.15, 0.2) is 5.82 Å². The summed E-state index contributed by atoms with van der Waals surface area (Å²) in [5.41, 5.74) is 2.16. The minimum Gasteiger partial charge on any atom is -0.425 e. The number of aromatic nitrogens is 2. The van der Waals surface area contributed by atoms with Gasteiger partial charge >= 0.3 is 5.97 Å². The summed E-state index contributed by atoms with van der Waals surface area (Å²) in [6, 6.07) is 5.57. The minimum atomic E-state index is -0.251. The molecule has 1 saturated carbocycles. The third-order valence-corrected chi connectivity index (χ3v) is 6.53. The van der Waals surface area contributed by atoms with Crippen molar-refractivity contribution in [2.75, 3.05) is 0 Å². The standard InChI is InChI=1S/C24H31BrN2O2/c1-3-5-6-7-17-8-10-18(11-9-17)20-15-26-24(27-16-20)19-12-13-22(21(25)14-19)29-23(28)4-2/h12-18H,3-11H2,1-2H3/t17-,18-. The van der Waals surface area contributed by atoms with Crippen LogP contribution in [-0.4, -0.2) is 15.9 Å². The highest BCUT2D eigenvalue weighted by Crippen LogP contribution is 2.37. The molecule has 1 heterocycles. The molecule has 156 valence electrons. The number of carbonyl (C=O) groups is 1. The first-order valence-corrected chi connectivity index (χ1v) is 11.7. The van der Waals surface area contributed by atoms with Gasteiger partial charge in [0.25, 0.3) is 0 Å². The number of rotatable bonds is 8. The first kappa shape index (κ1) is 21.9. The van der Waals surface area contributed by atoms with Crippen molar-refractivity contribution in [3.05, 3.63) is 40.6 Å². The van der Waals surface area contributed by atoms with Gasteiger partial charge in [0, 0.05) is 24.4 Å². The summed E-state index contributed by atoms with van der Waals surface area (Å²) in [6.45, 7) is 4.05. The fourth-order valence-electron chi connectivity index (χ4n) is 4.08. The van der Waals surface area contributed by atoms with Crippen LogP contribution in [0.25, 0.3) is 11.4 Å². The van der Waals surface area contributed by atoms with E-state index in [1.165, 1.54) is 56.9 Å². The number of hydrogen-bond acceptors (Lipinski definition) is 4. The van der Waals surface area contributed by atoms with Crippen LogP contribution in [0.2, 0.25) is 0 Å². The van der Waals surface area contributed by atoms with Crippen molar-refractivity contribution in [2.24, 2.45) is 5.92 Å². The SMILES string of the molecule is CCCCC[C@H]1CC[C@H](c2cnc(-c3ccc(OC(=O)CC)c(Br)c3)nc2)CC1. The molecule has 5 heteroatoms. The number of benzene rings is 1. The van der Waals surface area contributed by atoms with Crippen LogP contribution in [0.15, 0.2) is 35.1 Å². The second-order valence-electron chi connectivity index (χ2n) is 8.03. The van der Waals surface area contributed by atoms with E-state index in [1.807, 2.05) is 24.5 Å². The Balaban J connectivity index is 1.59. The molecule has 29 heavy (non-hydrogen) atoms. The fraction of sp³-hybridized carbons (Fsp3) is 0.542. The summed E-state index contributed by atoms with van der Waals surface area (Å²) in [5.74, 6) is 2.47. The van der Waals surface area contributed by atoms with E-state index in [-0.39, 0.29) is 5.97 Å². The highest BCUT2D eigenvalue weighted by molar-refractivity contribution is 9.10. The van der Waals surface area contributed by atoms with Gasteiger partial charge in [-0.1, -0.05) is 39.5 Å². The van der Waals surface area contributed by atoms with Gasteiger partial charge in [-0.15, -0.1) is 0 Å². The Morgan fingerprint density at radius 1 is 1.10 bits per heavy atom. The lowest BCUT2D eigenvalue weighted by Crippen LogP contribution is -2.14. The van der Waals surface area contributed by atoms with Crippen molar-refractivity contribution in [3.63, 3.8) is 0 Å². The molecule has 2 aromatic rings. The molecule has 0 saturated heterocycles. The second-order valence-corrected chi connectivity index (χ2v) is 8.88. The molecule has 0 bridgehead atoms. The summed E-state index contributed by atoms with van der Waals surface area (Å²) < 4.78 is 6.02. The Kier molecular flexibility index (Phi) is 8.22. The molecule has 1 aliphatic rings. The first-order chi connectivity index (χ1) is 14.1. The Hall–Kier alpha value is -1.75. The van der Waals surface area contributed by atoms with Gasteiger partial charge in [-0.3, -0.25) is 4.79 Å². The number of unbranched alkanes of at least 4 members (excludes halogenated alkanes) is 2. The Bertz CT molecular complexity index is 799. The van der Waals surface area contributed by atoms with Gasteiger partial charge in [0.1, 0.15) is 5.75 Å². The van der Waals surface area contributed by atoms with Crippen LogP contribution in [0.4, 0.5) is 0 Å². The summed E-state index contributed by atoms with van der Waals surface area (Å²) >= 11 is 3.47. The number of hydrogen-bond donors (Lipinski definition) is 0. The zero-order valence-corrected chi connectivity index (χ0v) is 19.1. The first-order valence-electron chi connectivity index (χ1n) is 10.9. The molecule has 0 atom stereocenters. The van der Waals surface area contributed by atoms with Crippen molar-refractivity contribution in [2.45, 2.75) is 77.6 Å². The van der Waals surface area contributed by atoms with Crippen molar-refractivity contribution in [1.29, 1.82) is 0 Å². The van der Waals surface area contributed by atoms with Crippen LogP contribution in [0.5, 0.6) is 5.75 Å². The Morgan fingerprint density at radius 2 is 1.83 bits per heavy atom. The molecule has 0 aliphatic heterocycles. The van der Waals surface area contributed by atoms with E-state index >= 15 is 0 Å². The minimum absolute atomic E-state index is 0.251. The zero-order chi connectivity index (χ0) is 20.6. The van der Waals surface area contributed by atoms with Crippen molar-refractivity contribution >= 4 is 21.9 Å². The number of nitrogens with zero attached hydrogens (tertiary/aromatic N) is 2. The molecule has 0 spiro atoms. The maximum absolute atomic E-state index is 11.5. The molecule has 4 nitrogen and oxygen atoms in total. The van der Waals surface area contributed by atoms with E-state index in [0.29, 0.717) is 23.9 Å². The molecule has 0 N–H and O–H groups in total. The van der Waals surface area contributed by atoms with Crippen molar-refractivity contribution in [1.82, 2.24) is 9.97 Å². The van der Waals surface area contributed by atoms with Gasteiger partial charge < -0.3 is 4.74 Å². The molecular weight excluding hydrogens is 428 g/mol. The van der Waals surface area contributed by atoms with Crippen LogP contribution in [0, 0.1) is 5.92 Å². The molecule has 1 aromatic carbocycles. The van der Waals surface area contributed by atoms with Crippen molar-refractivity contribution < 1.29 is 9.53 Å². The summed E-state index contributed by atoms with van der Waals surface area (Å²) in [7, 11) is 0. The fourth-order valence-corrected chi connectivity index (χ4v) is 4.54. The van der Waals surface area contributed by atoms with Gasteiger partial charge in [-0.05, 0) is 77.2 Å².